The van der Waals surface area contributed by atoms with Crippen LogP contribution in [0.3, 0.4) is 0 Å². The quantitative estimate of drug-likeness (QED) is 0.221. The molecule has 0 aliphatic heterocycles. The van der Waals surface area contributed by atoms with Crippen LogP contribution in [-0.4, -0.2) is 37.6 Å². The van der Waals surface area contributed by atoms with Crippen molar-refractivity contribution in [3.05, 3.63) is 74.3 Å². The van der Waals surface area contributed by atoms with E-state index in [-0.39, 0.29) is 33.7 Å². The maximum absolute atomic E-state index is 12.2. The Labute approximate surface area is 182 Å². The molecule has 1 heterocycles. The number of hydrogen-bond acceptors (Lipinski definition) is 10. The van der Waals surface area contributed by atoms with Gasteiger partial charge in [-0.3, -0.25) is 35.1 Å². The molecular weight excluding hydrogens is 448 g/mol. The Morgan fingerprint density at radius 3 is 2.06 bits per heavy atom. The molecule has 31 heavy (non-hydrogen) atoms. The summed E-state index contributed by atoms with van der Waals surface area (Å²) in [5, 5.41) is 34.4. The molecule has 0 radical (unpaired) electrons. The smallest absolute Gasteiger partial charge is 0.269 e. The largest absolute Gasteiger partial charge is 0.325 e. The summed E-state index contributed by atoms with van der Waals surface area (Å²) in [7, 11) is 0. The first-order valence-corrected chi connectivity index (χ1v) is 10.2. The van der Waals surface area contributed by atoms with Gasteiger partial charge < -0.3 is 5.32 Å². The van der Waals surface area contributed by atoms with E-state index >= 15 is 0 Å². The molecular formula is C17H12N6O6S2. The van der Waals surface area contributed by atoms with E-state index in [1.165, 1.54) is 48.5 Å². The summed E-state index contributed by atoms with van der Waals surface area (Å²) in [4.78, 5) is 44.4. The summed E-state index contributed by atoms with van der Waals surface area (Å²) in [6, 6.07) is 10.5. The lowest BCUT2D eigenvalue weighted by molar-refractivity contribution is -0.385. The maximum atomic E-state index is 12.2. The molecule has 0 aliphatic carbocycles. The Balaban J connectivity index is 1.50. The van der Waals surface area contributed by atoms with Crippen LogP contribution in [0.1, 0.15) is 10.4 Å². The van der Waals surface area contributed by atoms with Gasteiger partial charge in [0, 0.05) is 35.5 Å². The SMILES string of the molecule is O=C(CSc1nnc(NC(=O)c2ccc([N+](=O)[O-])cc2)s1)Nc1ccc([N+](=O)[O-])cc1. The highest BCUT2D eigenvalue weighted by Crippen LogP contribution is 2.26. The molecule has 0 saturated carbocycles. The number of rotatable bonds is 8. The Morgan fingerprint density at radius 1 is 0.903 bits per heavy atom. The topological polar surface area (TPSA) is 170 Å². The fourth-order valence-corrected chi connectivity index (χ4v) is 3.76. The fraction of sp³-hybridized carbons (Fsp3) is 0.0588. The highest BCUT2D eigenvalue weighted by Gasteiger charge is 2.14. The molecule has 12 nitrogen and oxygen atoms in total. The number of nitro benzene ring substituents is 2. The van der Waals surface area contributed by atoms with Gasteiger partial charge in [0.05, 0.1) is 15.6 Å². The van der Waals surface area contributed by atoms with Crippen LogP contribution in [-0.2, 0) is 4.79 Å². The van der Waals surface area contributed by atoms with Crippen LogP contribution >= 0.6 is 23.1 Å². The van der Waals surface area contributed by atoms with E-state index in [4.69, 9.17) is 0 Å². The predicted octanol–water partition coefficient (Wildman–Crippen LogP) is 3.34. The second kappa shape index (κ2) is 9.73. The number of carbonyl (C=O) groups excluding carboxylic acids is 2. The van der Waals surface area contributed by atoms with Crippen molar-refractivity contribution >= 4 is 57.1 Å². The number of anilines is 2. The van der Waals surface area contributed by atoms with Crippen molar-refractivity contribution in [3.63, 3.8) is 0 Å². The molecule has 14 heteroatoms. The van der Waals surface area contributed by atoms with Crippen LogP contribution < -0.4 is 10.6 Å². The van der Waals surface area contributed by atoms with Crippen molar-refractivity contribution in [2.75, 3.05) is 16.4 Å². The molecule has 2 aromatic carbocycles. The fourth-order valence-electron chi connectivity index (χ4n) is 2.21. The molecule has 0 aliphatic rings. The zero-order valence-corrected chi connectivity index (χ0v) is 17.0. The third-order valence-electron chi connectivity index (χ3n) is 3.66. The van der Waals surface area contributed by atoms with Crippen molar-refractivity contribution < 1.29 is 19.4 Å². The second-order valence-electron chi connectivity index (χ2n) is 5.77. The Morgan fingerprint density at radius 2 is 1.48 bits per heavy atom. The van der Waals surface area contributed by atoms with Crippen LogP contribution in [0.15, 0.2) is 52.9 Å². The van der Waals surface area contributed by atoms with E-state index < -0.39 is 15.8 Å². The van der Waals surface area contributed by atoms with Gasteiger partial charge in [0.15, 0.2) is 4.34 Å². The maximum Gasteiger partial charge on any atom is 0.269 e. The monoisotopic (exact) mass is 460 g/mol. The first-order chi connectivity index (χ1) is 14.8. The van der Waals surface area contributed by atoms with Gasteiger partial charge in [0.1, 0.15) is 0 Å². The van der Waals surface area contributed by atoms with Crippen LogP contribution in [0.2, 0.25) is 0 Å². The Hall–Kier alpha value is -3.91. The van der Waals surface area contributed by atoms with E-state index in [9.17, 15) is 29.8 Å². The van der Waals surface area contributed by atoms with E-state index in [1.807, 2.05) is 0 Å². The van der Waals surface area contributed by atoms with E-state index in [1.54, 1.807) is 0 Å². The highest BCUT2D eigenvalue weighted by molar-refractivity contribution is 8.01. The van der Waals surface area contributed by atoms with Gasteiger partial charge in [0.25, 0.3) is 17.3 Å². The first-order valence-electron chi connectivity index (χ1n) is 8.38. The molecule has 1 aromatic heterocycles. The zero-order chi connectivity index (χ0) is 22.4. The van der Waals surface area contributed by atoms with Gasteiger partial charge in [-0.2, -0.15) is 0 Å². The average Bonchev–Trinajstić information content (AvgIpc) is 3.20. The lowest BCUT2D eigenvalue weighted by atomic mass is 10.2. The summed E-state index contributed by atoms with van der Waals surface area (Å²) in [6.45, 7) is 0. The van der Waals surface area contributed by atoms with Crippen molar-refractivity contribution in [1.82, 2.24) is 10.2 Å². The number of thioether (sulfide) groups is 1. The minimum Gasteiger partial charge on any atom is -0.325 e. The van der Waals surface area contributed by atoms with Gasteiger partial charge in [0.2, 0.25) is 11.0 Å². The van der Waals surface area contributed by atoms with Gasteiger partial charge in [-0.25, -0.2) is 0 Å². The summed E-state index contributed by atoms with van der Waals surface area (Å²) < 4.78 is 0.442. The number of aromatic nitrogens is 2. The van der Waals surface area contributed by atoms with Crippen LogP contribution in [0.4, 0.5) is 22.2 Å². The van der Waals surface area contributed by atoms with E-state index in [0.717, 1.165) is 23.1 Å². The Kier molecular flexibility index (Phi) is 6.84. The summed E-state index contributed by atoms with van der Waals surface area (Å²) in [5.41, 5.74) is 0.435. The van der Waals surface area contributed by atoms with Crippen molar-refractivity contribution in [3.8, 4) is 0 Å². The molecule has 2 N–H and O–H groups in total. The van der Waals surface area contributed by atoms with E-state index in [2.05, 4.69) is 20.8 Å². The molecule has 158 valence electrons. The molecule has 0 atom stereocenters. The standard InChI is InChI=1S/C17H12N6O6S2/c24-14(18-11-3-7-13(8-4-11)23(28)29)9-30-17-21-20-16(31-17)19-15(25)10-1-5-12(6-2-10)22(26)27/h1-8H,9H2,(H,18,24)(H,19,20,25). The third kappa shape index (κ3) is 6.03. The highest BCUT2D eigenvalue weighted by atomic mass is 32.2. The van der Waals surface area contributed by atoms with Gasteiger partial charge >= 0.3 is 0 Å². The molecule has 0 saturated heterocycles. The van der Waals surface area contributed by atoms with Crippen molar-refractivity contribution in [1.29, 1.82) is 0 Å². The average molecular weight is 460 g/mol. The number of nitrogens with one attached hydrogen (secondary N) is 2. The number of benzene rings is 2. The number of carbonyl (C=O) groups is 2. The lowest BCUT2D eigenvalue weighted by Gasteiger charge is -2.03. The number of amides is 2. The number of nitrogens with zero attached hydrogens (tertiary/aromatic N) is 4. The number of hydrogen-bond donors (Lipinski definition) is 2. The van der Waals surface area contributed by atoms with Crippen LogP contribution in [0.25, 0.3) is 0 Å². The third-order valence-corrected chi connectivity index (χ3v) is 5.63. The van der Waals surface area contributed by atoms with Gasteiger partial charge in [-0.15, -0.1) is 10.2 Å². The molecule has 3 aromatic rings. The lowest BCUT2D eigenvalue weighted by Crippen LogP contribution is -2.13. The predicted molar refractivity (Wildman–Crippen MR) is 113 cm³/mol. The molecule has 2 amide bonds. The van der Waals surface area contributed by atoms with Gasteiger partial charge in [-0.05, 0) is 24.3 Å². The number of nitro groups is 2. The van der Waals surface area contributed by atoms with Crippen molar-refractivity contribution in [2.24, 2.45) is 0 Å². The van der Waals surface area contributed by atoms with Gasteiger partial charge in [-0.1, -0.05) is 23.1 Å². The van der Waals surface area contributed by atoms with Crippen molar-refractivity contribution in [2.45, 2.75) is 4.34 Å². The minimum atomic E-state index is -0.562. The summed E-state index contributed by atoms with van der Waals surface area (Å²) >= 11 is 2.17. The van der Waals surface area contributed by atoms with E-state index in [0.29, 0.717) is 10.0 Å². The summed E-state index contributed by atoms with van der Waals surface area (Å²) in [6.07, 6.45) is 0. The Bertz CT molecular complexity index is 1130. The number of non-ortho nitro benzene ring substituents is 2. The molecule has 0 unspecified atom stereocenters. The minimum absolute atomic E-state index is 0.0158. The van der Waals surface area contributed by atoms with Crippen LogP contribution in [0, 0.1) is 20.2 Å². The zero-order valence-electron chi connectivity index (χ0n) is 15.4. The normalized spacial score (nSPS) is 10.3. The second-order valence-corrected chi connectivity index (χ2v) is 7.97. The molecule has 3 rings (SSSR count). The van der Waals surface area contributed by atoms with Crippen LogP contribution in [0.5, 0.6) is 0 Å². The molecule has 0 spiro atoms. The first kappa shape index (κ1) is 21.8. The molecule has 0 bridgehead atoms. The summed E-state index contributed by atoms with van der Waals surface area (Å²) in [5.74, 6) is -0.828. The molecule has 0 fully saturated rings.